The Morgan fingerprint density at radius 3 is 2.70 bits per heavy atom. The number of imidazole rings is 1. The van der Waals surface area contributed by atoms with Gasteiger partial charge in [-0.3, -0.25) is 0 Å². The van der Waals surface area contributed by atoms with Crippen LogP contribution in [0.4, 0.5) is 18.9 Å². The van der Waals surface area contributed by atoms with Gasteiger partial charge in [0.2, 0.25) is 5.82 Å². The second-order valence-electron chi connectivity index (χ2n) is 4.34. The Hall–Kier alpha value is -1.80. The van der Waals surface area contributed by atoms with E-state index in [1.807, 2.05) is 0 Å². The fourth-order valence-electron chi connectivity index (χ4n) is 2.09. The number of methoxy groups -OCH3 is 1. The number of alkyl halides is 3. The summed E-state index contributed by atoms with van der Waals surface area (Å²) in [5, 5.41) is 9.31. The molecular formula is C12H14F3N3O2. The van der Waals surface area contributed by atoms with E-state index < -0.39 is 24.6 Å². The molecule has 0 saturated carbocycles. The number of hydrogen-bond donors (Lipinski definition) is 2. The van der Waals surface area contributed by atoms with Crippen LogP contribution in [-0.2, 0) is 10.9 Å². The van der Waals surface area contributed by atoms with Crippen LogP contribution in [0.1, 0.15) is 11.9 Å². The molecule has 1 atom stereocenters. The molecule has 1 heterocycles. The molecule has 1 aromatic heterocycles. The molecule has 0 radical (unpaired) electrons. The largest absolute Gasteiger partial charge is 0.449 e. The minimum Gasteiger partial charge on any atom is -0.399 e. The fraction of sp³-hybridized carbons (Fsp3) is 0.417. The molecule has 8 heteroatoms. The molecule has 2 aromatic rings. The summed E-state index contributed by atoms with van der Waals surface area (Å²) in [6, 6.07) is 3.43. The summed E-state index contributed by atoms with van der Waals surface area (Å²) >= 11 is 0. The molecule has 0 saturated heterocycles. The lowest BCUT2D eigenvalue weighted by molar-refractivity contribution is -0.148. The van der Waals surface area contributed by atoms with Crippen molar-refractivity contribution in [1.29, 1.82) is 0 Å². The van der Waals surface area contributed by atoms with Crippen LogP contribution in [-0.4, -0.2) is 35.0 Å². The van der Waals surface area contributed by atoms with E-state index in [1.54, 1.807) is 0 Å². The highest BCUT2D eigenvalue weighted by atomic mass is 19.4. The van der Waals surface area contributed by atoms with Crippen molar-refractivity contribution in [2.24, 2.45) is 0 Å². The standard InChI is InChI=1S/C12H14F3N3O2/c1-20-6-8(5-19)18-10-3-2-7(16)4-9(10)17-11(18)12(13,14)15/h2-4,8,19H,5-6,16H2,1H3. The number of aromatic nitrogens is 2. The summed E-state index contributed by atoms with van der Waals surface area (Å²) in [7, 11) is 1.35. The Morgan fingerprint density at radius 2 is 2.15 bits per heavy atom. The van der Waals surface area contributed by atoms with E-state index in [1.165, 1.54) is 25.3 Å². The molecule has 0 spiro atoms. The van der Waals surface area contributed by atoms with Gasteiger partial charge in [-0.05, 0) is 18.2 Å². The first-order chi connectivity index (χ1) is 9.38. The molecule has 3 N–H and O–H groups in total. The maximum Gasteiger partial charge on any atom is 0.449 e. The molecule has 2 rings (SSSR count). The molecule has 0 amide bonds. The average Bonchev–Trinajstić information content (AvgIpc) is 2.74. The first-order valence-electron chi connectivity index (χ1n) is 5.83. The molecular weight excluding hydrogens is 275 g/mol. The molecule has 110 valence electrons. The van der Waals surface area contributed by atoms with Crippen molar-refractivity contribution in [3.8, 4) is 0 Å². The number of anilines is 1. The van der Waals surface area contributed by atoms with Gasteiger partial charge < -0.3 is 20.1 Å². The van der Waals surface area contributed by atoms with Gasteiger partial charge in [0.15, 0.2) is 0 Å². The van der Waals surface area contributed by atoms with E-state index in [-0.39, 0.29) is 17.6 Å². The van der Waals surface area contributed by atoms with E-state index in [2.05, 4.69) is 4.98 Å². The van der Waals surface area contributed by atoms with Crippen molar-refractivity contribution in [1.82, 2.24) is 9.55 Å². The average molecular weight is 289 g/mol. The van der Waals surface area contributed by atoms with Crippen LogP contribution >= 0.6 is 0 Å². The van der Waals surface area contributed by atoms with Gasteiger partial charge in [0, 0.05) is 12.8 Å². The molecule has 20 heavy (non-hydrogen) atoms. The highest BCUT2D eigenvalue weighted by Crippen LogP contribution is 2.34. The zero-order valence-electron chi connectivity index (χ0n) is 10.7. The zero-order valence-corrected chi connectivity index (χ0v) is 10.7. The van der Waals surface area contributed by atoms with Crippen LogP contribution in [0.5, 0.6) is 0 Å². The van der Waals surface area contributed by atoms with Crippen molar-refractivity contribution in [3.05, 3.63) is 24.0 Å². The normalized spacial score (nSPS) is 13.8. The van der Waals surface area contributed by atoms with E-state index >= 15 is 0 Å². The van der Waals surface area contributed by atoms with Crippen molar-refractivity contribution < 1.29 is 23.0 Å². The summed E-state index contributed by atoms with van der Waals surface area (Å²) < 4.78 is 45.1. The maximum absolute atomic E-state index is 13.1. The smallest absolute Gasteiger partial charge is 0.399 e. The van der Waals surface area contributed by atoms with Crippen molar-refractivity contribution in [2.45, 2.75) is 12.2 Å². The number of hydrogen-bond acceptors (Lipinski definition) is 4. The first kappa shape index (κ1) is 14.6. The number of aliphatic hydroxyl groups excluding tert-OH is 1. The topological polar surface area (TPSA) is 73.3 Å². The predicted octanol–water partition coefficient (Wildman–Crippen LogP) is 1.82. The van der Waals surface area contributed by atoms with Crippen LogP contribution in [0.3, 0.4) is 0 Å². The summed E-state index contributed by atoms with van der Waals surface area (Å²) in [4.78, 5) is 3.59. The Morgan fingerprint density at radius 1 is 1.45 bits per heavy atom. The molecule has 0 bridgehead atoms. The van der Waals surface area contributed by atoms with Crippen LogP contribution in [0, 0.1) is 0 Å². The molecule has 0 aliphatic rings. The molecule has 5 nitrogen and oxygen atoms in total. The molecule has 0 aliphatic carbocycles. The summed E-state index contributed by atoms with van der Waals surface area (Å²) in [6.45, 7) is -0.553. The Labute approximate surface area is 112 Å². The van der Waals surface area contributed by atoms with Gasteiger partial charge in [-0.2, -0.15) is 13.2 Å². The number of rotatable bonds is 4. The highest BCUT2D eigenvalue weighted by molar-refractivity contribution is 5.80. The zero-order chi connectivity index (χ0) is 14.9. The van der Waals surface area contributed by atoms with Crippen LogP contribution in [0.15, 0.2) is 18.2 Å². The maximum atomic E-state index is 13.1. The molecule has 1 unspecified atom stereocenters. The second-order valence-corrected chi connectivity index (χ2v) is 4.34. The Kier molecular flexibility index (Phi) is 3.87. The van der Waals surface area contributed by atoms with E-state index in [9.17, 15) is 18.3 Å². The lowest BCUT2D eigenvalue weighted by atomic mass is 10.2. The van der Waals surface area contributed by atoms with Crippen LogP contribution < -0.4 is 5.73 Å². The van der Waals surface area contributed by atoms with E-state index in [0.717, 1.165) is 4.57 Å². The number of fused-ring (bicyclic) bond motifs is 1. The number of halogens is 3. The van der Waals surface area contributed by atoms with Gasteiger partial charge >= 0.3 is 6.18 Å². The van der Waals surface area contributed by atoms with Crippen molar-refractivity contribution in [3.63, 3.8) is 0 Å². The number of nitrogen functional groups attached to an aromatic ring is 1. The first-order valence-corrected chi connectivity index (χ1v) is 5.83. The van der Waals surface area contributed by atoms with Gasteiger partial charge in [-0.25, -0.2) is 4.98 Å². The second kappa shape index (κ2) is 5.29. The van der Waals surface area contributed by atoms with Crippen LogP contribution in [0.2, 0.25) is 0 Å². The Bertz CT molecular complexity index is 610. The van der Waals surface area contributed by atoms with Gasteiger partial charge in [-0.15, -0.1) is 0 Å². The lowest BCUT2D eigenvalue weighted by Crippen LogP contribution is -2.24. The molecule has 1 aromatic carbocycles. The summed E-state index contributed by atoms with van der Waals surface area (Å²) in [6.07, 6.45) is -4.63. The molecule has 0 fully saturated rings. The lowest BCUT2D eigenvalue weighted by Gasteiger charge is -2.19. The van der Waals surface area contributed by atoms with Gasteiger partial charge in [0.05, 0.1) is 30.3 Å². The van der Waals surface area contributed by atoms with Crippen molar-refractivity contribution >= 4 is 16.7 Å². The van der Waals surface area contributed by atoms with E-state index in [0.29, 0.717) is 5.69 Å². The quantitative estimate of drug-likeness (QED) is 0.842. The minimum atomic E-state index is -4.63. The number of aliphatic hydroxyl groups is 1. The predicted molar refractivity (Wildman–Crippen MR) is 67.1 cm³/mol. The number of nitrogens with two attached hydrogens (primary N) is 1. The van der Waals surface area contributed by atoms with Gasteiger partial charge in [0.1, 0.15) is 0 Å². The number of benzene rings is 1. The monoisotopic (exact) mass is 289 g/mol. The Balaban J connectivity index is 2.70. The van der Waals surface area contributed by atoms with Gasteiger partial charge in [-0.1, -0.05) is 0 Å². The van der Waals surface area contributed by atoms with E-state index in [4.69, 9.17) is 10.5 Å². The highest BCUT2D eigenvalue weighted by Gasteiger charge is 2.39. The number of nitrogens with zero attached hydrogens (tertiary/aromatic N) is 2. The minimum absolute atomic E-state index is 0.0601. The fourth-order valence-corrected chi connectivity index (χ4v) is 2.09. The third kappa shape index (κ3) is 2.56. The third-order valence-electron chi connectivity index (χ3n) is 2.90. The van der Waals surface area contributed by atoms with Crippen LogP contribution in [0.25, 0.3) is 11.0 Å². The SMILES string of the molecule is COCC(CO)n1c(C(F)(F)F)nc2cc(N)ccc21. The summed E-state index contributed by atoms with van der Waals surface area (Å²) in [5.74, 6) is -1.07. The van der Waals surface area contributed by atoms with Gasteiger partial charge in [0.25, 0.3) is 0 Å². The van der Waals surface area contributed by atoms with Crippen molar-refractivity contribution in [2.75, 3.05) is 26.1 Å². The summed E-state index contributed by atoms with van der Waals surface area (Å²) in [5.41, 5.74) is 6.26. The third-order valence-corrected chi connectivity index (χ3v) is 2.90. The number of ether oxygens (including phenoxy) is 1. The molecule has 0 aliphatic heterocycles.